The molecule has 1 N–H and O–H groups in total. The number of ether oxygens (including phenoxy) is 2. The van der Waals surface area contributed by atoms with Crippen molar-refractivity contribution in [2.45, 2.75) is 120 Å². The monoisotopic (exact) mass is 544 g/mol. The molecule has 2 bridgehead atoms. The number of amides is 2. The van der Waals surface area contributed by atoms with Crippen molar-refractivity contribution in [1.29, 1.82) is 0 Å². The zero-order valence-electron chi connectivity index (χ0n) is 23.9. The second-order valence-corrected chi connectivity index (χ2v) is 11.8. The number of unbranched alkanes of at least 4 members (excludes halogenated alkanes) is 2. The molecule has 1 saturated carbocycles. The summed E-state index contributed by atoms with van der Waals surface area (Å²) in [5.41, 5.74) is -1.93. The van der Waals surface area contributed by atoms with Crippen LogP contribution in [0.1, 0.15) is 90.9 Å². The molecule has 0 aromatic heterocycles. The fraction of sp³-hybridized carbons (Fsp3) is 0.774. The van der Waals surface area contributed by atoms with Crippen LogP contribution in [0.4, 0.5) is 0 Å². The van der Waals surface area contributed by atoms with Crippen LogP contribution in [-0.2, 0) is 23.9 Å². The molecule has 2 amide bonds. The average molecular weight is 545 g/mol. The van der Waals surface area contributed by atoms with Crippen LogP contribution < -0.4 is 0 Å². The molecule has 1 aliphatic carbocycles. The molecule has 4 rings (SSSR count). The van der Waals surface area contributed by atoms with Crippen molar-refractivity contribution in [3.05, 3.63) is 25.3 Å². The lowest BCUT2D eigenvalue weighted by atomic mass is 9.65. The minimum Gasteiger partial charge on any atom is -0.465 e. The third-order valence-electron chi connectivity index (χ3n) is 9.85. The van der Waals surface area contributed by atoms with Gasteiger partial charge in [-0.3, -0.25) is 14.4 Å². The summed E-state index contributed by atoms with van der Waals surface area (Å²) >= 11 is 0. The summed E-state index contributed by atoms with van der Waals surface area (Å²) in [6.07, 6.45) is 13.4. The Morgan fingerprint density at radius 1 is 1.18 bits per heavy atom. The number of likely N-dealkylation sites (tertiary alicyclic amines) is 1. The summed E-state index contributed by atoms with van der Waals surface area (Å²) in [5, 5.41) is 10.3. The number of carbonyl (C=O) groups is 3. The van der Waals surface area contributed by atoms with E-state index in [0.717, 1.165) is 51.4 Å². The van der Waals surface area contributed by atoms with Crippen molar-refractivity contribution in [2.75, 3.05) is 19.8 Å². The Balaban J connectivity index is 1.71. The van der Waals surface area contributed by atoms with E-state index < -0.39 is 41.1 Å². The number of fused-ring (bicyclic) bond motifs is 1. The highest BCUT2D eigenvalue weighted by Crippen LogP contribution is 2.65. The van der Waals surface area contributed by atoms with E-state index in [1.54, 1.807) is 11.0 Å². The van der Waals surface area contributed by atoms with Gasteiger partial charge < -0.3 is 24.4 Å². The van der Waals surface area contributed by atoms with Gasteiger partial charge in [-0.05, 0) is 57.8 Å². The summed E-state index contributed by atoms with van der Waals surface area (Å²) in [7, 11) is 0. The van der Waals surface area contributed by atoms with Gasteiger partial charge in [-0.1, -0.05) is 45.3 Å². The van der Waals surface area contributed by atoms with E-state index in [1.165, 1.54) is 0 Å². The molecule has 2 unspecified atom stereocenters. The van der Waals surface area contributed by atoms with Crippen molar-refractivity contribution in [1.82, 2.24) is 9.80 Å². The first-order valence-corrected chi connectivity index (χ1v) is 15.2. The number of rotatable bonds is 14. The summed E-state index contributed by atoms with van der Waals surface area (Å²) in [4.78, 5) is 46.0. The van der Waals surface area contributed by atoms with Gasteiger partial charge in [0.2, 0.25) is 11.8 Å². The molecular weight excluding hydrogens is 496 g/mol. The van der Waals surface area contributed by atoms with E-state index in [4.69, 9.17) is 9.47 Å². The number of nitrogens with zero attached hydrogens (tertiary/aromatic N) is 2. The van der Waals surface area contributed by atoms with Crippen LogP contribution in [0.2, 0.25) is 0 Å². The van der Waals surface area contributed by atoms with Crippen LogP contribution >= 0.6 is 0 Å². The first kappa shape index (κ1) is 29.8. The molecule has 4 fully saturated rings. The van der Waals surface area contributed by atoms with E-state index in [9.17, 15) is 19.5 Å². The summed E-state index contributed by atoms with van der Waals surface area (Å²) in [5.74, 6) is -2.37. The molecule has 0 aromatic carbocycles. The van der Waals surface area contributed by atoms with Crippen molar-refractivity contribution in [3.8, 4) is 0 Å². The molecule has 1 spiro atoms. The topological polar surface area (TPSA) is 96.4 Å². The molecule has 39 heavy (non-hydrogen) atoms. The van der Waals surface area contributed by atoms with Crippen LogP contribution in [0.15, 0.2) is 25.3 Å². The molecule has 0 aromatic rings. The zero-order chi connectivity index (χ0) is 28.2. The molecule has 8 heteroatoms. The molecule has 8 nitrogen and oxygen atoms in total. The largest absolute Gasteiger partial charge is 0.465 e. The minimum atomic E-state index is -1.10. The van der Waals surface area contributed by atoms with E-state index in [2.05, 4.69) is 13.2 Å². The molecule has 6 atom stereocenters. The number of hydrogen-bond acceptors (Lipinski definition) is 6. The van der Waals surface area contributed by atoms with Crippen LogP contribution in [0, 0.1) is 11.8 Å². The number of aliphatic hydroxyl groups excluding tert-OH is 1. The number of aliphatic hydroxyl groups is 1. The number of carbonyl (C=O) groups excluding carboxylic acids is 3. The van der Waals surface area contributed by atoms with Crippen LogP contribution in [0.3, 0.4) is 0 Å². The van der Waals surface area contributed by atoms with Crippen molar-refractivity contribution < 1.29 is 29.0 Å². The standard InChI is InChI=1S/C31H48N2O6/c1-5-9-10-14-20-38-29(37)25-24-27(35)33(22(7-3)21-34)26(31(24)18-17-30(25,8-4)39-31)28(36)32(19-6-2)23-15-12-11-13-16-23/h5-6,22-26,34H,1-2,7-21H2,3-4H3/t22-,24-,25+,26?,30-,31?/m0/s1. The van der Waals surface area contributed by atoms with Gasteiger partial charge in [0.25, 0.3) is 0 Å². The smallest absolute Gasteiger partial charge is 0.312 e. The predicted octanol–water partition coefficient (Wildman–Crippen LogP) is 4.16. The normalized spacial score (nSPS) is 32.6. The lowest BCUT2D eigenvalue weighted by molar-refractivity contribution is -0.164. The van der Waals surface area contributed by atoms with Gasteiger partial charge in [-0.15, -0.1) is 13.2 Å². The van der Waals surface area contributed by atoms with Gasteiger partial charge in [0.15, 0.2) is 0 Å². The maximum absolute atomic E-state index is 14.6. The lowest BCUT2D eigenvalue weighted by Crippen LogP contribution is -2.60. The summed E-state index contributed by atoms with van der Waals surface area (Å²) in [6.45, 7) is 12.0. The van der Waals surface area contributed by atoms with E-state index in [0.29, 0.717) is 32.2 Å². The highest BCUT2D eigenvalue weighted by Gasteiger charge is 2.79. The molecule has 3 heterocycles. The minimum absolute atomic E-state index is 0.0842. The SMILES string of the molecule is C=CCCCCOC(=O)[C@H]1[C@H]2C(=O)N([C@@H](CC)CO)C(C(=O)N(CC=C)C3CCCCC3)C23CC[C@]1(CC)O3. The van der Waals surface area contributed by atoms with Gasteiger partial charge in [0, 0.05) is 12.6 Å². The maximum atomic E-state index is 14.6. The quantitative estimate of drug-likeness (QED) is 0.200. The lowest BCUT2D eigenvalue weighted by Gasteiger charge is -2.42. The fourth-order valence-electron chi connectivity index (χ4n) is 7.86. The third-order valence-corrected chi connectivity index (χ3v) is 9.85. The Morgan fingerprint density at radius 2 is 1.92 bits per heavy atom. The van der Waals surface area contributed by atoms with E-state index in [1.807, 2.05) is 24.8 Å². The van der Waals surface area contributed by atoms with Crippen molar-refractivity contribution in [3.63, 3.8) is 0 Å². The van der Waals surface area contributed by atoms with Crippen molar-refractivity contribution >= 4 is 17.8 Å². The average Bonchev–Trinajstić information content (AvgIpc) is 3.56. The summed E-state index contributed by atoms with van der Waals surface area (Å²) < 4.78 is 12.6. The highest BCUT2D eigenvalue weighted by molar-refractivity contribution is 5.99. The maximum Gasteiger partial charge on any atom is 0.312 e. The first-order chi connectivity index (χ1) is 18.9. The van der Waals surface area contributed by atoms with Gasteiger partial charge in [-0.25, -0.2) is 0 Å². The predicted molar refractivity (Wildman–Crippen MR) is 149 cm³/mol. The van der Waals surface area contributed by atoms with E-state index >= 15 is 0 Å². The molecule has 3 saturated heterocycles. The molecule has 0 radical (unpaired) electrons. The Hall–Kier alpha value is -2.19. The van der Waals surface area contributed by atoms with Crippen molar-refractivity contribution in [2.24, 2.45) is 11.8 Å². The Bertz CT molecular complexity index is 928. The van der Waals surface area contributed by atoms with Gasteiger partial charge in [-0.2, -0.15) is 0 Å². The number of allylic oxidation sites excluding steroid dienone is 1. The highest BCUT2D eigenvalue weighted by atomic mass is 16.6. The Morgan fingerprint density at radius 3 is 2.54 bits per heavy atom. The fourth-order valence-corrected chi connectivity index (χ4v) is 7.86. The van der Waals surface area contributed by atoms with Gasteiger partial charge >= 0.3 is 5.97 Å². The first-order valence-electron chi connectivity index (χ1n) is 15.2. The third kappa shape index (κ3) is 5.08. The Kier molecular flexibility index (Phi) is 9.58. The molecular formula is C31H48N2O6. The van der Waals surface area contributed by atoms with Crippen LogP contribution in [0.25, 0.3) is 0 Å². The second kappa shape index (κ2) is 12.5. The Labute approximate surface area is 233 Å². The summed E-state index contributed by atoms with van der Waals surface area (Å²) in [6, 6.07) is -1.33. The van der Waals surface area contributed by atoms with Gasteiger partial charge in [0.05, 0.1) is 30.8 Å². The van der Waals surface area contributed by atoms with Crippen LogP contribution in [-0.4, -0.2) is 81.8 Å². The number of hydrogen-bond donors (Lipinski definition) is 1. The molecule has 218 valence electrons. The zero-order valence-corrected chi connectivity index (χ0v) is 23.9. The second-order valence-electron chi connectivity index (χ2n) is 11.8. The number of esters is 1. The molecule has 4 aliphatic rings. The van der Waals surface area contributed by atoms with E-state index in [-0.39, 0.29) is 31.1 Å². The van der Waals surface area contributed by atoms with Gasteiger partial charge in [0.1, 0.15) is 17.6 Å². The molecule has 3 aliphatic heterocycles. The van der Waals surface area contributed by atoms with Crippen LogP contribution in [0.5, 0.6) is 0 Å².